The molecule has 0 N–H and O–H groups in total. The second kappa shape index (κ2) is 6.59. The lowest BCUT2D eigenvalue weighted by Crippen LogP contribution is -1.84. The van der Waals surface area contributed by atoms with Crippen molar-refractivity contribution in [3.8, 4) is 22.5 Å². The first-order valence-corrected chi connectivity index (χ1v) is 8.07. The predicted octanol–water partition coefficient (Wildman–Crippen LogP) is 6.01. The molecule has 0 unspecified atom stereocenters. The molecule has 2 aromatic carbocycles. The molecule has 0 radical (unpaired) electrons. The number of hydrogen-bond acceptors (Lipinski definition) is 1. The van der Waals surface area contributed by atoms with Crippen LogP contribution in [0.2, 0.25) is 0 Å². The Hall–Kier alpha value is -2.06. The summed E-state index contributed by atoms with van der Waals surface area (Å²) in [5, 5.41) is 0.956. The predicted molar refractivity (Wildman–Crippen MR) is 90.4 cm³/mol. The van der Waals surface area contributed by atoms with E-state index in [9.17, 15) is 0 Å². The van der Waals surface area contributed by atoms with Crippen LogP contribution in [0.4, 0.5) is 0 Å². The van der Waals surface area contributed by atoms with Crippen LogP contribution in [-0.2, 0) is 0 Å². The molecule has 1 heterocycles. The molecule has 0 saturated heterocycles. The quantitative estimate of drug-likeness (QED) is 0.431. The van der Waals surface area contributed by atoms with Gasteiger partial charge in [0, 0.05) is 11.3 Å². The summed E-state index contributed by atoms with van der Waals surface area (Å²) in [5.74, 6) is 1.91. The molecule has 0 aliphatic rings. The molecule has 3 rings (SSSR count). The lowest BCUT2D eigenvalue weighted by atomic mass is 10.0. The Morgan fingerprint density at radius 1 is 0.762 bits per heavy atom. The highest BCUT2D eigenvalue weighted by atomic mass is 32.2. The molecule has 104 valence electrons. The largest absolute Gasteiger partial charge is 0.388 e. The Kier molecular flexibility index (Phi) is 4.37. The first-order valence-electron chi connectivity index (χ1n) is 7.08. The van der Waals surface area contributed by atoms with Crippen LogP contribution < -0.4 is 0 Å². The Morgan fingerprint density at radius 3 is 2.00 bits per heavy atom. The van der Waals surface area contributed by atoms with Crippen molar-refractivity contribution in [3.63, 3.8) is 0 Å². The zero-order chi connectivity index (χ0) is 14.5. The molecule has 0 spiro atoms. The number of hydrogen-bond donors (Lipinski definition) is 0. The summed E-state index contributed by atoms with van der Waals surface area (Å²) in [6, 6.07) is 24.9. The minimum atomic E-state index is 0.910. The van der Waals surface area contributed by atoms with Gasteiger partial charge in [0.2, 0.25) is 0 Å². The SMILES string of the molecule is CCSc1cc(-c2ccccc2)cc(-c2ccccc2)[o+]1. The van der Waals surface area contributed by atoms with E-state index in [0.717, 1.165) is 22.2 Å². The van der Waals surface area contributed by atoms with E-state index in [2.05, 4.69) is 55.5 Å². The summed E-state index contributed by atoms with van der Waals surface area (Å²) in [7, 11) is 0. The standard InChI is InChI=1S/C19H17OS/c1-2-21-19-14-17(15-9-5-3-6-10-15)13-18(20-19)16-11-7-4-8-12-16/h3-14H,2H2,1H3/q+1. The Morgan fingerprint density at radius 2 is 1.38 bits per heavy atom. The van der Waals surface area contributed by atoms with Crippen LogP contribution in [-0.4, -0.2) is 5.75 Å². The molecule has 0 aliphatic heterocycles. The van der Waals surface area contributed by atoms with Crippen molar-refractivity contribution in [1.29, 1.82) is 0 Å². The third kappa shape index (κ3) is 3.34. The maximum Gasteiger partial charge on any atom is 0.388 e. The van der Waals surface area contributed by atoms with Gasteiger partial charge in [-0.2, -0.15) is 4.42 Å². The van der Waals surface area contributed by atoms with Gasteiger partial charge in [-0.15, -0.1) is 0 Å². The van der Waals surface area contributed by atoms with E-state index in [1.165, 1.54) is 11.1 Å². The highest BCUT2D eigenvalue weighted by molar-refractivity contribution is 7.99. The Labute approximate surface area is 129 Å². The van der Waals surface area contributed by atoms with E-state index >= 15 is 0 Å². The summed E-state index contributed by atoms with van der Waals surface area (Å²) in [5.41, 5.74) is 3.51. The fourth-order valence-electron chi connectivity index (χ4n) is 2.23. The zero-order valence-electron chi connectivity index (χ0n) is 12.0. The molecule has 2 heteroatoms. The van der Waals surface area contributed by atoms with Crippen molar-refractivity contribution >= 4 is 11.8 Å². The second-order valence-corrected chi connectivity index (χ2v) is 5.96. The lowest BCUT2D eigenvalue weighted by Gasteiger charge is -2.01. The van der Waals surface area contributed by atoms with Gasteiger partial charge in [0.15, 0.2) is 0 Å². The minimum Gasteiger partial charge on any atom is -0.200 e. The molecule has 1 nitrogen and oxygen atoms in total. The van der Waals surface area contributed by atoms with Crippen LogP contribution >= 0.6 is 11.8 Å². The smallest absolute Gasteiger partial charge is 0.200 e. The van der Waals surface area contributed by atoms with Gasteiger partial charge in [-0.25, -0.2) is 0 Å². The van der Waals surface area contributed by atoms with Crippen molar-refractivity contribution in [1.82, 2.24) is 0 Å². The number of benzene rings is 2. The van der Waals surface area contributed by atoms with E-state index < -0.39 is 0 Å². The summed E-state index contributed by atoms with van der Waals surface area (Å²) in [4.78, 5) is 0. The monoisotopic (exact) mass is 293 g/mol. The Bertz CT molecular complexity index is 650. The maximum absolute atomic E-state index is 6.03. The molecule has 3 aromatic rings. The van der Waals surface area contributed by atoms with Gasteiger partial charge in [-0.1, -0.05) is 55.5 Å². The number of rotatable bonds is 4. The third-order valence-corrected chi connectivity index (χ3v) is 4.00. The fraction of sp³-hybridized carbons (Fsp3) is 0.105. The van der Waals surface area contributed by atoms with Crippen molar-refractivity contribution in [3.05, 3.63) is 72.8 Å². The van der Waals surface area contributed by atoms with Crippen molar-refractivity contribution in [2.75, 3.05) is 5.75 Å². The van der Waals surface area contributed by atoms with Gasteiger partial charge in [-0.05, 0) is 29.5 Å². The van der Waals surface area contributed by atoms with Gasteiger partial charge in [-0.3, -0.25) is 0 Å². The molecular formula is C19H17OS+. The third-order valence-electron chi connectivity index (χ3n) is 3.22. The second-order valence-electron chi connectivity index (χ2n) is 4.69. The minimum absolute atomic E-state index is 0.910. The average Bonchev–Trinajstić information content (AvgIpc) is 2.56. The van der Waals surface area contributed by atoms with Crippen LogP contribution in [0, 0.1) is 0 Å². The highest BCUT2D eigenvalue weighted by Gasteiger charge is 2.18. The van der Waals surface area contributed by atoms with Gasteiger partial charge in [0.25, 0.3) is 0 Å². The van der Waals surface area contributed by atoms with Crippen molar-refractivity contribution < 1.29 is 4.42 Å². The summed E-state index contributed by atoms with van der Waals surface area (Å²) in [6.45, 7) is 2.14. The van der Waals surface area contributed by atoms with Crippen molar-refractivity contribution in [2.24, 2.45) is 0 Å². The van der Waals surface area contributed by atoms with E-state index in [-0.39, 0.29) is 0 Å². The van der Waals surface area contributed by atoms with Crippen LogP contribution in [0.3, 0.4) is 0 Å². The molecule has 1 aromatic heterocycles. The highest BCUT2D eigenvalue weighted by Crippen LogP contribution is 2.32. The van der Waals surface area contributed by atoms with Crippen LogP contribution in [0.25, 0.3) is 22.5 Å². The summed E-state index contributed by atoms with van der Waals surface area (Å²) < 4.78 is 6.03. The topological polar surface area (TPSA) is 11.3 Å². The molecule has 0 saturated carbocycles. The van der Waals surface area contributed by atoms with Gasteiger partial charge in [0.1, 0.15) is 0 Å². The fourth-order valence-corrected chi connectivity index (χ4v) is 2.88. The summed E-state index contributed by atoms with van der Waals surface area (Å²) >= 11 is 1.73. The summed E-state index contributed by atoms with van der Waals surface area (Å²) in [6.07, 6.45) is 0. The van der Waals surface area contributed by atoms with Crippen LogP contribution in [0.5, 0.6) is 0 Å². The molecule has 0 bridgehead atoms. The van der Waals surface area contributed by atoms with Gasteiger partial charge < -0.3 is 0 Å². The van der Waals surface area contributed by atoms with Gasteiger partial charge in [0.05, 0.1) is 17.7 Å². The van der Waals surface area contributed by atoms with E-state index in [1.807, 2.05) is 24.3 Å². The van der Waals surface area contributed by atoms with E-state index in [0.29, 0.717) is 0 Å². The van der Waals surface area contributed by atoms with Gasteiger partial charge >= 0.3 is 10.9 Å². The van der Waals surface area contributed by atoms with E-state index in [1.54, 1.807) is 11.8 Å². The van der Waals surface area contributed by atoms with E-state index in [4.69, 9.17) is 4.42 Å². The maximum atomic E-state index is 6.03. The molecule has 0 amide bonds. The van der Waals surface area contributed by atoms with Crippen LogP contribution in [0.15, 0.2) is 82.3 Å². The lowest BCUT2D eigenvalue weighted by molar-refractivity contribution is 0.470. The first-order chi connectivity index (χ1) is 10.4. The Balaban J connectivity index is 2.11. The average molecular weight is 293 g/mol. The molecule has 0 fully saturated rings. The van der Waals surface area contributed by atoms with Crippen molar-refractivity contribution in [2.45, 2.75) is 12.0 Å². The zero-order valence-corrected chi connectivity index (χ0v) is 12.8. The normalized spacial score (nSPS) is 10.5. The number of thioether (sulfide) groups is 1. The molecule has 21 heavy (non-hydrogen) atoms. The molecule has 0 atom stereocenters. The molecular weight excluding hydrogens is 276 g/mol. The van der Waals surface area contributed by atoms with Crippen LogP contribution in [0.1, 0.15) is 6.92 Å². The first kappa shape index (κ1) is 13.9. The molecule has 0 aliphatic carbocycles.